The third-order valence-electron chi connectivity index (χ3n) is 3.70. The van der Waals surface area contributed by atoms with Gasteiger partial charge in [-0.05, 0) is 38.2 Å². The fourth-order valence-corrected chi connectivity index (χ4v) is 2.61. The second-order valence-electron chi connectivity index (χ2n) is 5.45. The summed E-state index contributed by atoms with van der Waals surface area (Å²) >= 11 is 5.22. The largest absolute Gasteiger partial charge is 0.379 e. The first kappa shape index (κ1) is 17.6. The van der Waals surface area contributed by atoms with E-state index in [-0.39, 0.29) is 10.6 Å². The number of nitrogens with one attached hydrogen (secondary N) is 2. The third-order valence-corrected chi connectivity index (χ3v) is 3.95. The minimum atomic E-state index is -0.390. The number of nitrogens with zero attached hydrogens (tertiary/aromatic N) is 2. The van der Waals surface area contributed by atoms with E-state index in [1.165, 1.54) is 6.07 Å². The maximum absolute atomic E-state index is 10.9. The predicted octanol–water partition coefficient (Wildman–Crippen LogP) is 1.91. The Morgan fingerprint density at radius 3 is 2.87 bits per heavy atom. The average molecular weight is 338 g/mol. The molecule has 1 aromatic carbocycles. The average Bonchev–Trinajstić information content (AvgIpc) is 2.54. The number of ether oxygens (including phenoxy) is 1. The molecule has 0 bridgehead atoms. The summed E-state index contributed by atoms with van der Waals surface area (Å²) in [5.74, 6) is 0. The van der Waals surface area contributed by atoms with E-state index in [1.807, 2.05) is 0 Å². The molecule has 1 fully saturated rings. The molecule has 2 N–H and O–H groups in total. The van der Waals surface area contributed by atoms with Crippen molar-refractivity contribution in [1.82, 2.24) is 10.2 Å². The first-order valence-electron chi connectivity index (χ1n) is 7.66. The van der Waals surface area contributed by atoms with Crippen LogP contribution in [0.5, 0.6) is 0 Å². The molecule has 0 radical (unpaired) electrons. The number of rotatable bonds is 6. The zero-order valence-electron chi connectivity index (χ0n) is 13.2. The summed E-state index contributed by atoms with van der Waals surface area (Å²) in [6.45, 7) is 7.06. The lowest BCUT2D eigenvalue weighted by Crippen LogP contribution is -2.38. The topological polar surface area (TPSA) is 79.7 Å². The maximum atomic E-state index is 10.9. The minimum absolute atomic E-state index is 0.0881. The van der Waals surface area contributed by atoms with Crippen molar-refractivity contribution in [2.45, 2.75) is 13.3 Å². The first-order chi connectivity index (χ1) is 11.1. The van der Waals surface area contributed by atoms with Gasteiger partial charge < -0.3 is 15.4 Å². The van der Waals surface area contributed by atoms with E-state index in [2.05, 4.69) is 15.5 Å². The van der Waals surface area contributed by atoms with Crippen LogP contribution < -0.4 is 10.6 Å². The second kappa shape index (κ2) is 8.76. The summed E-state index contributed by atoms with van der Waals surface area (Å²) in [7, 11) is 0. The summed E-state index contributed by atoms with van der Waals surface area (Å²) < 4.78 is 5.31. The Balaban J connectivity index is 1.72. The van der Waals surface area contributed by atoms with Crippen molar-refractivity contribution < 1.29 is 9.66 Å². The Morgan fingerprint density at radius 2 is 2.17 bits per heavy atom. The molecule has 1 aliphatic rings. The molecule has 1 saturated heterocycles. The van der Waals surface area contributed by atoms with Gasteiger partial charge in [-0.1, -0.05) is 6.07 Å². The lowest BCUT2D eigenvalue weighted by atomic mass is 10.2. The maximum Gasteiger partial charge on any atom is 0.274 e. The third kappa shape index (κ3) is 5.74. The standard InChI is InChI=1S/C15H22N4O3S/c1-12-3-4-13(11-14(12)19(20)21)17-15(23)16-5-2-6-18-7-9-22-10-8-18/h3-4,11H,2,5-10H2,1H3,(H2,16,17,23). The molecule has 0 aliphatic carbocycles. The van der Waals surface area contributed by atoms with Gasteiger partial charge in [0.05, 0.1) is 18.1 Å². The number of hydrogen-bond acceptors (Lipinski definition) is 5. The van der Waals surface area contributed by atoms with E-state index < -0.39 is 0 Å². The number of benzene rings is 1. The fraction of sp³-hybridized carbons (Fsp3) is 0.533. The number of nitro benzene ring substituents is 1. The van der Waals surface area contributed by atoms with Gasteiger partial charge in [0, 0.05) is 37.0 Å². The van der Waals surface area contributed by atoms with Crippen LogP contribution in [0.1, 0.15) is 12.0 Å². The summed E-state index contributed by atoms with van der Waals surface area (Å²) in [6, 6.07) is 4.99. The zero-order valence-corrected chi connectivity index (χ0v) is 14.0. The van der Waals surface area contributed by atoms with Crippen LogP contribution in [-0.4, -0.2) is 54.3 Å². The van der Waals surface area contributed by atoms with Crippen LogP contribution in [0.2, 0.25) is 0 Å². The molecule has 2 rings (SSSR count). The Bertz CT molecular complexity index is 562. The van der Waals surface area contributed by atoms with Crippen LogP contribution in [0.4, 0.5) is 11.4 Å². The molecule has 1 aromatic rings. The van der Waals surface area contributed by atoms with Crippen molar-refractivity contribution in [1.29, 1.82) is 0 Å². The van der Waals surface area contributed by atoms with Crippen LogP contribution in [0.25, 0.3) is 0 Å². The highest BCUT2D eigenvalue weighted by Crippen LogP contribution is 2.22. The quantitative estimate of drug-likeness (QED) is 0.355. The van der Waals surface area contributed by atoms with Crippen molar-refractivity contribution in [3.63, 3.8) is 0 Å². The molecule has 0 saturated carbocycles. The van der Waals surface area contributed by atoms with Gasteiger partial charge in [0.15, 0.2) is 5.11 Å². The molecule has 1 aliphatic heterocycles. The normalized spacial score (nSPS) is 15.2. The monoisotopic (exact) mass is 338 g/mol. The first-order valence-corrected chi connectivity index (χ1v) is 8.07. The molecule has 23 heavy (non-hydrogen) atoms. The molecule has 8 heteroatoms. The number of morpholine rings is 1. The highest BCUT2D eigenvalue weighted by molar-refractivity contribution is 7.80. The van der Waals surface area contributed by atoms with E-state index in [9.17, 15) is 10.1 Å². The number of aryl methyl sites for hydroxylation is 1. The van der Waals surface area contributed by atoms with E-state index in [4.69, 9.17) is 17.0 Å². The Hall–Kier alpha value is -1.77. The molecule has 0 unspecified atom stereocenters. The fourth-order valence-electron chi connectivity index (χ4n) is 2.39. The van der Waals surface area contributed by atoms with E-state index in [0.717, 1.165) is 45.8 Å². The summed E-state index contributed by atoms with van der Waals surface area (Å²) in [5, 5.41) is 17.5. The highest BCUT2D eigenvalue weighted by atomic mass is 32.1. The van der Waals surface area contributed by atoms with E-state index >= 15 is 0 Å². The molecule has 0 spiro atoms. The van der Waals surface area contributed by atoms with Crippen LogP contribution in [-0.2, 0) is 4.74 Å². The van der Waals surface area contributed by atoms with Crippen LogP contribution in [0.15, 0.2) is 18.2 Å². The van der Waals surface area contributed by atoms with Gasteiger partial charge in [-0.2, -0.15) is 0 Å². The summed E-state index contributed by atoms with van der Waals surface area (Å²) in [4.78, 5) is 12.9. The van der Waals surface area contributed by atoms with Gasteiger partial charge >= 0.3 is 0 Å². The second-order valence-corrected chi connectivity index (χ2v) is 5.86. The molecule has 0 aromatic heterocycles. The Kier molecular flexibility index (Phi) is 6.69. The van der Waals surface area contributed by atoms with Crippen molar-refractivity contribution in [2.24, 2.45) is 0 Å². The predicted molar refractivity (Wildman–Crippen MR) is 93.9 cm³/mol. The van der Waals surface area contributed by atoms with Gasteiger partial charge in [0.1, 0.15) is 0 Å². The van der Waals surface area contributed by atoms with Gasteiger partial charge in [-0.25, -0.2) is 0 Å². The highest BCUT2D eigenvalue weighted by Gasteiger charge is 2.12. The van der Waals surface area contributed by atoms with Gasteiger partial charge in [0.25, 0.3) is 5.69 Å². The number of thiocarbonyl (C=S) groups is 1. The Morgan fingerprint density at radius 1 is 1.43 bits per heavy atom. The van der Waals surface area contributed by atoms with Gasteiger partial charge in [-0.3, -0.25) is 15.0 Å². The number of nitro groups is 1. The van der Waals surface area contributed by atoms with E-state index in [1.54, 1.807) is 19.1 Å². The Labute approximate surface area is 141 Å². The molecular weight excluding hydrogens is 316 g/mol. The van der Waals surface area contributed by atoms with Crippen molar-refractivity contribution in [3.8, 4) is 0 Å². The number of anilines is 1. The summed E-state index contributed by atoms with van der Waals surface area (Å²) in [6.07, 6.45) is 0.982. The van der Waals surface area contributed by atoms with Crippen LogP contribution in [0, 0.1) is 17.0 Å². The smallest absolute Gasteiger partial charge is 0.274 e. The van der Waals surface area contributed by atoms with Crippen LogP contribution in [0.3, 0.4) is 0 Å². The number of hydrogen-bond donors (Lipinski definition) is 2. The lowest BCUT2D eigenvalue weighted by Gasteiger charge is -2.26. The molecule has 126 valence electrons. The van der Waals surface area contributed by atoms with E-state index in [0.29, 0.717) is 16.4 Å². The zero-order chi connectivity index (χ0) is 16.7. The lowest BCUT2D eigenvalue weighted by molar-refractivity contribution is -0.385. The molecular formula is C15H22N4O3S. The van der Waals surface area contributed by atoms with Crippen molar-refractivity contribution >= 4 is 28.7 Å². The summed E-state index contributed by atoms with van der Waals surface area (Å²) in [5.41, 5.74) is 1.34. The molecule has 0 atom stereocenters. The molecule has 7 nitrogen and oxygen atoms in total. The van der Waals surface area contributed by atoms with Crippen LogP contribution >= 0.6 is 12.2 Å². The minimum Gasteiger partial charge on any atom is -0.379 e. The van der Waals surface area contributed by atoms with Crippen molar-refractivity contribution in [2.75, 3.05) is 44.7 Å². The SMILES string of the molecule is Cc1ccc(NC(=S)NCCCN2CCOCC2)cc1[N+](=O)[O-]. The molecule has 0 amide bonds. The van der Waals surface area contributed by atoms with Gasteiger partial charge in [-0.15, -0.1) is 0 Å². The van der Waals surface area contributed by atoms with Gasteiger partial charge in [0.2, 0.25) is 0 Å². The molecule has 1 heterocycles. The van der Waals surface area contributed by atoms with Crippen molar-refractivity contribution in [3.05, 3.63) is 33.9 Å².